The summed E-state index contributed by atoms with van der Waals surface area (Å²) >= 11 is 15.7. The summed E-state index contributed by atoms with van der Waals surface area (Å²) in [6, 6.07) is 23.3. The van der Waals surface area contributed by atoms with E-state index in [9.17, 15) is 4.79 Å². The van der Waals surface area contributed by atoms with Crippen LogP contribution in [0.4, 0.5) is 11.4 Å². The first-order valence-electron chi connectivity index (χ1n) is 11.6. The summed E-state index contributed by atoms with van der Waals surface area (Å²) < 4.78 is 5.63. The van der Waals surface area contributed by atoms with Crippen LogP contribution in [-0.2, 0) is 9.53 Å². The molecule has 8 heteroatoms. The normalized spacial score (nSPS) is 17.8. The molecular formula is C28H24Cl2N2O2S2. The molecule has 4 aromatic rings. The average Bonchev–Trinajstić information content (AvgIpc) is 3.60. The zero-order valence-corrected chi connectivity index (χ0v) is 22.6. The summed E-state index contributed by atoms with van der Waals surface area (Å²) in [7, 11) is 0. The van der Waals surface area contributed by atoms with Gasteiger partial charge in [0.05, 0.1) is 24.3 Å². The van der Waals surface area contributed by atoms with Gasteiger partial charge in [-0.3, -0.25) is 0 Å². The Labute approximate surface area is 228 Å². The van der Waals surface area contributed by atoms with Crippen molar-refractivity contribution in [2.75, 3.05) is 16.8 Å². The van der Waals surface area contributed by atoms with E-state index < -0.39 is 0 Å². The van der Waals surface area contributed by atoms with Crippen molar-refractivity contribution in [3.05, 3.63) is 115 Å². The lowest BCUT2D eigenvalue weighted by Crippen LogP contribution is -2.41. The highest BCUT2D eigenvalue weighted by Gasteiger charge is 2.42. The molecule has 1 N–H and O–H groups in total. The summed E-state index contributed by atoms with van der Waals surface area (Å²) in [6.07, 6.45) is 0.599. The number of nitrogens with one attached hydrogen (secondary N) is 1. The Morgan fingerprint density at radius 2 is 1.56 bits per heavy atom. The third-order valence-electron chi connectivity index (χ3n) is 6.05. The van der Waals surface area contributed by atoms with Crippen molar-refractivity contribution >= 4 is 63.2 Å². The maximum Gasteiger partial charge on any atom is 0.338 e. The summed E-state index contributed by atoms with van der Waals surface area (Å²) in [6.45, 7) is 2.13. The van der Waals surface area contributed by atoms with Crippen LogP contribution in [0, 0.1) is 0 Å². The SMILES string of the molecule is CCOC(=O)C1=C(Nc2ccc(Cl)cc2)CC(c2cccs2)N(c2ccc(Cl)cc2)C1c1cccs1. The standard InChI is InChI=1S/C28H24Cl2N2O2S2/c1-2-34-28(33)26-22(31-20-11-7-18(29)8-12-20)17-23(24-5-3-15-35-24)32(21-13-9-19(30)10-14-21)27(26)25-6-4-16-36-25/h3-16,23,27,31H,2,17H2,1H3. The van der Waals surface area contributed by atoms with E-state index in [4.69, 9.17) is 27.9 Å². The monoisotopic (exact) mass is 554 g/mol. The molecule has 4 nitrogen and oxygen atoms in total. The van der Waals surface area contributed by atoms with Gasteiger partial charge >= 0.3 is 5.97 Å². The molecule has 0 aliphatic carbocycles. The molecule has 2 aromatic heterocycles. The molecule has 0 radical (unpaired) electrons. The number of ether oxygens (including phenoxy) is 1. The fraction of sp³-hybridized carbons (Fsp3) is 0.179. The van der Waals surface area contributed by atoms with E-state index in [1.807, 2.05) is 66.9 Å². The fourth-order valence-corrected chi connectivity index (χ4v) is 6.45. The molecule has 0 bridgehead atoms. The molecular weight excluding hydrogens is 531 g/mol. The molecule has 0 amide bonds. The minimum Gasteiger partial charge on any atom is -0.463 e. The average molecular weight is 556 g/mol. The van der Waals surface area contributed by atoms with Crippen LogP contribution in [0.2, 0.25) is 10.0 Å². The Morgan fingerprint density at radius 1 is 0.944 bits per heavy atom. The Kier molecular flexibility index (Phi) is 7.67. The van der Waals surface area contributed by atoms with Gasteiger partial charge in [0.2, 0.25) is 0 Å². The van der Waals surface area contributed by atoms with Crippen LogP contribution in [0.5, 0.6) is 0 Å². The number of carbonyl (C=O) groups excluding carboxylic acids is 1. The zero-order valence-electron chi connectivity index (χ0n) is 19.5. The molecule has 0 spiro atoms. The van der Waals surface area contributed by atoms with Crippen molar-refractivity contribution in [3.63, 3.8) is 0 Å². The van der Waals surface area contributed by atoms with Crippen molar-refractivity contribution < 1.29 is 9.53 Å². The van der Waals surface area contributed by atoms with Gasteiger partial charge in [-0.25, -0.2) is 4.79 Å². The highest BCUT2D eigenvalue weighted by molar-refractivity contribution is 7.10. The van der Waals surface area contributed by atoms with Crippen LogP contribution >= 0.6 is 45.9 Å². The van der Waals surface area contributed by atoms with Gasteiger partial charge in [0.15, 0.2) is 0 Å². The number of thiophene rings is 2. The van der Waals surface area contributed by atoms with Crippen molar-refractivity contribution in [3.8, 4) is 0 Å². The Hall–Kier alpha value is -2.77. The van der Waals surface area contributed by atoms with E-state index in [0.29, 0.717) is 28.6 Å². The zero-order chi connectivity index (χ0) is 25.1. The van der Waals surface area contributed by atoms with Crippen LogP contribution in [0.25, 0.3) is 0 Å². The van der Waals surface area contributed by atoms with Crippen molar-refractivity contribution in [2.24, 2.45) is 0 Å². The van der Waals surface area contributed by atoms with Crippen LogP contribution in [0.1, 0.15) is 35.2 Å². The summed E-state index contributed by atoms with van der Waals surface area (Å²) in [4.78, 5) is 18.2. The number of nitrogens with zero attached hydrogens (tertiary/aromatic N) is 1. The summed E-state index contributed by atoms with van der Waals surface area (Å²) in [5.74, 6) is -0.323. The van der Waals surface area contributed by atoms with Crippen molar-refractivity contribution in [2.45, 2.75) is 25.4 Å². The second-order valence-electron chi connectivity index (χ2n) is 8.28. The van der Waals surface area contributed by atoms with E-state index in [0.717, 1.165) is 21.9 Å². The van der Waals surface area contributed by atoms with Gasteiger partial charge in [0.25, 0.3) is 0 Å². The third-order valence-corrected chi connectivity index (χ3v) is 8.46. The topological polar surface area (TPSA) is 41.6 Å². The van der Waals surface area contributed by atoms with Crippen LogP contribution in [0.15, 0.2) is 94.8 Å². The number of carbonyl (C=O) groups is 1. The second kappa shape index (κ2) is 11.1. The molecule has 36 heavy (non-hydrogen) atoms. The van der Waals surface area contributed by atoms with Crippen molar-refractivity contribution in [1.82, 2.24) is 0 Å². The van der Waals surface area contributed by atoms with E-state index in [2.05, 4.69) is 33.8 Å². The number of hydrogen-bond donors (Lipinski definition) is 1. The molecule has 0 fully saturated rings. The quantitative estimate of drug-likeness (QED) is 0.232. The number of rotatable bonds is 7. The van der Waals surface area contributed by atoms with Gasteiger partial charge in [0.1, 0.15) is 0 Å². The molecule has 3 heterocycles. The van der Waals surface area contributed by atoms with Gasteiger partial charge in [-0.15, -0.1) is 22.7 Å². The summed E-state index contributed by atoms with van der Waals surface area (Å²) in [5, 5.41) is 9.00. The molecule has 0 saturated carbocycles. The number of esters is 1. The van der Waals surface area contributed by atoms with Gasteiger partial charge in [-0.1, -0.05) is 35.3 Å². The molecule has 5 rings (SSSR count). The highest BCUT2D eigenvalue weighted by Crippen LogP contribution is 2.49. The van der Waals surface area contributed by atoms with E-state index in [-0.39, 0.29) is 18.1 Å². The molecule has 2 aromatic carbocycles. The fourth-order valence-electron chi connectivity index (χ4n) is 4.54. The molecule has 184 valence electrons. The van der Waals surface area contributed by atoms with Gasteiger partial charge in [0, 0.05) is 43.3 Å². The lowest BCUT2D eigenvalue weighted by molar-refractivity contribution is -0.139. The van der Waals surface area contributed by atoms with Crippen LogP contribution in [0.3, 0.4) is 0 Å². The molecule has 1 aliphatic rings. The first kappa shape index (κ1) is 24.9. The first-order valence-corrected chi connectivity index (χ1v) is 14.1. The minimum absolute atomic E-state index is 0.00810. The Balaban J connectivity index is 1.72. The molecule has 1 aliphatic heterocycles. The van der Waals surface area contributed by atoms with Gasteiger partial charge < -0.3 is 15.0 Å². The van der Waals surface area contributed by atoms with E-state index in [1.54, 1.807) is 22.7 Å². The van der Waals surface area contributed by atoms with E-state index >= 15 is 0 Å². The predicted molar refractivity (Wildman–Crippen MR) is 151 cm³/mol. The number of hydrogen-bond acceptors (Lipinski definition) is 6. The largest absolute Gasteiger partial charge is 0.463 e. The minimum atomic E-state index is -0.346. The smallest absolute Gasteiger partial charge is 0.338 e. The maximum absolute atomic E-state index is 13.6. The predicted octanol–water partition coefficient (Wildman–Crippen LogP) is 8.74. The third kappa shape index (κ3) is 5.18. The number of benzene rings is 2. The van der Waals surface area contributed by atoms with Gasteiger partial charge in [-0.2, -0.15) is 0 Å². The molecule has 0 saturated heterocycles. The van der Waals surface area contributed by atoms with Crippen LogP contribution < -0.4 is 10.2 Å². The first-order chi connectivity index (χ1) is 17.5. The molecule has 2 atom stereocenters. The number of halogens is 2. The van der Waals surface area contributed by atoms with Crippen LogP contribution in [-0.4, -0.2) is 12.6 Å². The maximum atomic E-state index is 13.6. The lowest BCUT2D eigenvalue weighted by atomic mass is 9.89. The molecule has 2 unspecified atom stereocenters. The van der Waals surface area contributed by atoms with Crippen molar-refractivity contribution in [1.29, 1.82) is 0 Å². The Morgan fingerprint density at radius 3 is 2.14 bits per heavy atom. The number of anilines is 2. The lowest BCUT2D eigenvalue weighted by Gasteiger charge is -2.44. The van der Waals surface area contributed by atoms with Gasteiger partial charge in [-0.05, 0) is 78.3 Å². The second-order valence-corrected chi connectivity index (χ2v) is 11.1. The summed E-state index contributed by atoms with van der Waals surface area (Å²) in [5.41, 5.74) is 3.31. The van der Waals surface area contributed by atoms with E-state index in [1.165, 1.54) is 4.88 Å². The highest BCUT2D eigenvalue weighted by atomic mass is 35.5. The Bertz CT molecular complexity index is 1340.